The minimum absolute atomic E-state index is 0.769. The summed E-state index contributed by atoms with van der Waals surface area (Å²) in [6, 6.07) is 1.95. The molecule has 2 aromatic rings. The first kappa shape index (κ1) is 21.4. The number of nitrogens with one attached hydrogen (secondary N) is 1. The molecule has 0 aliphatic carbocycles. The lowest BCUT2D eigenvalue weighted by Crippen LogP contribution is -1.97. The summed E-state index contributed by atoms with van der Waals surface area (Å²) in [5.74, 6) is 1.56. The van der Waals surface area contributed by atoms with Crippen molar-refractivity contribution in [2.24, 2.45) is 9.98 Å². The van der Waals surface area contributed by atoms with Gasteiger partial charge in [0.15, 0.2) is 0 Å². The molecule has 0 unspecified atom stereocenters. The van der Waals surface area contributed by atoms with E-state index in [9.17, 15) is 0 Å². The molecule has 0 radical (unpaired) electrons. The number of hydrogen-bond acceptors (Lipinski definition) is 4. The number of aromatic nitrogens is 1. The molecule has 1 aromatic carbocycles. The Morgan fingerprint density at radius 1 is 0.724 bits per heavy atom. The molecule has 158 valence electrons. The standard InChI is InChI=1S/C24H35N3O2/c1-28-21-15-22(29-2)23-19-16-25-13-11-9-7-5-3-4-6-8-10-12-14-26-18-20(21)24(23)27-17-19/h15-18,27H,3-14H2,1-2H3. The number of ether oxygens (including phenoxy) is 2. The van der Waals surface area contributed by atoms with E-state index in [0.717, 1.165) is 59.5 Å². The van der Waals surface area contributed by atoms with Crippen LogP contribution in [0, 0.1) is 0 Å². The van der Waals surface area contributed by atoms with Crippen LogP contribution in [-0.2, 0) is 0 Å². The Morgan fingerprint density at radius 3 is 1.86 bits per heavy atom. The third-order valence-corrected chi connectivity index (χ3v) is 5.67. The van der Waals surface area contributed by atoms with Crippen molar-refractivity contribution in [2.45, 2.75) is 64.2 Å². The van der Waals surface area contributed by atoms with Crippen molar-refractivity contribution in [1.82, 2.24) is 4.98 Å². The molecule has 5 heteroatoms. The van der Waals surface area contributed by atoms with Crippen molar-refractivity contribution in [3.63, 3.8) is 0 Å². The van der Waals surface area contributed by atoms with Crippen LogP contribution in [0.5, 0.6) is 11.5 Å². The van der Waals surface area contributed by atoms with Gasteiger partial charge in [0.2, 0.25) is 0 Å². The van der Waals surface area contributed by atoms with E-state index in [-0.39, 0.29) is 0 Å². The second kappa shape index (κ2) is 11.6. The van der Waals surface area contributed by atoms with Gasteiger partial charge in [0.1, 0.15) is 11.5 Å². The lowest BCUT2D eigenvalue weighted by Gasteiger charge is -2.11. The van der Waals surface area contributed by atoms with Crippen molar-refractivity contribution in [3.05, 3.63) is 23.4 Å². The van der Waals surface area contributed by atoms with Crippen molar-refractivity contribution in [1.29, 1.82) is 0 Å². The highest BCUT2D eigenvalue weighted by Gasteiger charge is 2.16. The molecular formula is C24H35N3O2. The monoisotopic (exact) mass is 397 g/mol. The predicted octanol–water partition coefficient (Wildman–Crippen LogP) is 5.94. The van der Waals surface area contributed by atoms with Crippen LogP contribution in [0.25, 0.3) is 10.9 Å². The average Bonchev–Trinajstić information content (AvgIpc) is 3.16. The Bertz CT molecular complexity index is 823. The number of H-pyrrole nitrogens is 1. The molecule has 0 saturated heterocycles. The predicted molar refractivity (Wildman–Crippen MR) is 122 cm³/mol. The lowest BCUT2D eigenvalue weighted by atomic mass is 10.1. The van der Waals surface area contributed by atoms with Crippen LogP contribution in [0.4, 0.5) is 0 Å². The minimum atomic E-state index is 0.769. The molecule has 1 aliphatic rings. The summed E-state index contributed by atoms with van der Waals surface area (Å²) in [5, 5.41) is 1.04. The molecule has 5 nitrogen and oxygen atoms in total. The number of aliphatic imine (C=N–C) groups is 2. The second-order valence-electron chi connectivity index (χ2n) is 7.79. The topological polar surface area (TPSA) is 59.0 Å². The first-order valence-corrected chi connectivity index (χ1v) is 11.1. The normalized spacial score (nSPS) is 17.4. The molecular weight excluding hydrogens is 362 g/mol. The molecule has 4 bridgehead atoms. The fourth-order valence-corrected chi connectivity index (χ4v) is 4.01. The molecule has 1 N–H and O–H groups in total. The quantitative estimate of drug-likeness (QED) is 0.682. The maximum absolute atomic E-state index is 5.65. The summed E-state index contributed by atoms with van der Waals surface area (Å²) >= 11 is 0. The maximum Gasteiger partial charge on any atom is 0.133 e. The molecule has 0 spiro atoms. The number of benzene rings is 1. The molecule has 0 amide bonds. The Balaban J connectivity index is 1.88. The minimum Gasteiger partial charge on any atom is -0.496 e. The molecule has 0 fully saturated rings. The van der Waals surface area contributed by atoms with Crippen LogP contribution in [-0.4, -0.2) is 44.7 Å². The van der Waals surface area contributed by atoms with Gasteiger partial charge in [0, 0.05) is 43.3 Å². The molecule has 3 rings (SSSR count). The molecule has 1 aliphatic heterocycles. The van der Waals surface area contributed by atoms with Crippen LogP contribution in [0.2, 0.25) is 0 Å². The van der Waals surface area contributed by atoms with Crippen molar-refractivity contribution in [2.75, 3.05) is 27.3 Å². The average molecular weight is 398 g/mol. The van der Waals surface area contributed by atoms with Gasteiger partial charge in [-0.05, 0) is 12.8 Å². The van der Waals surface area contributed by atoms with Gasteiger partial charge in [0.05, 0.1) is 30.7 Å². The van der Waals surface area contributed by atoms with Gasteiger partial charge in [-0.15, -0.1) is 0 Å². The number of nitrogens with zero attached hydrogens (tertiary/aromatic N) is 2. The zero-order valence-electron chi connectivity index (χ0n) is 18.0. The third kappa shape index (κ3) is 5.84. The largest absolute Gasteiger partial charge is 0.496 e. The highest BCUT2D eigenvalue weighted by atomic mass is 16.5. The van der Waals surface area contributed by atoms with Crippen LogP contribution in [0.15, 0.2) is 22.2 Å². The maximum atomic E-state index is 5.65. The van der Waals surface area contributed by atoms with Gasteiger partial charge in [-0.25, -0.2) is 0 Å². The number of aromatic amines is 1. The van der Waals surface area contributed by atoms with Gasteiger partial charge in [-0.2, -0.15) is 0 Å². The summed E-state index contributed by atoms with van der Waals surface area (Å²) in [4.78, 5) is 12.7. The van der Waals surface area contributed by atoms with Gasteiger partial charge >= 0.3 is 0 Å². The number of methoxy groups -OCH3 is 2. The molecule has 0 atom stereocenters. The zero-order chi connectivity index (χ0) is 20.3. The number of rotatable bonds is 2. The molecule has 29 heavy (non-hydrogen) atoms. The van der Waals surface area contributed by atoms with Crippen LogP contribution in [0.1, 0.15) is 75.3 Å². The Morgan fingerprint density at radius 2 is 1.28 bits per heavy atom. The summed E-state index contributed by atoms with van der Waals surface area (Å²) in [5.41, 5.74) is 3.00. The molecule has 1 aromatic heterocycles. The first-order valence-electron chi connectivity index (χ1n) is 11.1. The zero-order valence-corrected chi connectivity index (χ0v) is 18.0. The van der Waals surface area contributed by atoms with E-state index in [1.807, 2.05) is 24.7 Å². The van der Waals surface area contributed by atoms with E-state index in [1.54, 1.807) is 14.2 Å². The van der Waals surface area contributed by atoms with E-state index in [1.165, 1.54) is 51.4 Å². The van der Waals surface area contributed by atoms with Gasteiger partial charge < -0.3 is 14.5 Å². The van der Waals surface area contributed by atoms with Crippen LogP contribution < -0.4 is 9.47 Å². The Kier molecular flexibility index (Phi) is 8.59. The van der Waals surface area contributed by atoms with Gasteiger partial charge in [0.25, 0.3) is 0 Å². The van der Waals surface area contributed by atoms with Gasteiger partial charge in [-0.3, -0.25) is 9.98 Å². The Labute approximate surface area is 174 Å². The fourth-order valence-electron chi connectivity index (χ4n) is 4.01. The summed E-state index contributed by atoms with van der Waals surface area (Å²) < 4.78 is 11.3. The highest BCUT2D eigenvalue weighted by molar-refractivity contribution is 6.10. The van der Waals surface area contributed by atoms with Crippen LogP contribution >= 0.6 is 0 Å². The summed E-state index contributed by atoms with van der Waals surface area (Å²) in [6.07, 6.45) is 18.8. The van der Waals surface area contributed by atoms with E-state index in [2.05, 4.69) is 15.0 Å². The third-order valence-electron chi connectivity index (χ3n) is 5.67. The van der Waals surface area contributed by atoms with Crippen molar-refractivity contribution in [3.8, 4) is 11.5 Å². The Hall–Kier alpha value is -2.30. The fraction of sp³-hybridized carbons (Fsp3) is 0.583. The molecule has 2 heterocycles. The SMILES string of the molecule is COc1cc(OC)c2c3c[nH]c2c1C=NCCCCCCCCCCCCN=C3. The van der Waals surface area contributed by atoms with E-state index in [4.69, 9.17) is 9.47 Å². The van der Waals surface area contributed by atoms with Crippen molar-refractivity contribution >= 4 is 23.3 Å². The van der Waals surface area contributed by atoms with Crippen LogP contribution in [0.3, 0.4) is 0 Å². The highest BCUT2D eigenvalue weighted by Crippen LogP contribution is 2.36. The smallest absolute Gasteiger partial charge is 0.133 e. The van der Waals surface area contributed by atoms with E-state index >= 15 is 0 Å². The summed E-state index contributed by atoms with van der Waals surface area (Å²) in [7, 11) is 3.38. The summed E-state index contributed by atoms with van der Waals surface area (Å²) in [6.45, 7) is 1.73. The number of hydrogen-bond donors (Lipinski definition) is 1. The van der Waals surface area contributed by atoms with Crippen molar-refractivity contribution < 1.29 is 9.47 Å². The lowest BCUT2D eigenvalue weighted by molar-refractivity contribution is 0.397. The second-order valence-corrected chi connectivity index (χ2v) is 7.79. The first-order chi connectivity index (χ1) is 14.3. The van der Waals surface area contributed by atoms with E-state index < -0.39 is 0 Å². The van der Waals surface area contributed by atoms with Gasteiger partial charge in [-0.1, -0.05) is 51.4 Å². The van der Waals surface area contributed by atoms with E-state index in [0.29, 0.717) is 0 Å². The molecule has 0 saturated carbocycles.